The first-order chi connectivity index (χ1) is 16.4. The second kappa shape index (κ2) is 10.5. The van der Waals surface area contributed by atoms with Crippen molar-refractivity contribution >= 4 is 28.9 Å². The fraction of sp³-hybridized carbons (Fsp3) is 0.346. The second-order valence-electron chi connectivity index (χ2n) is 8.66. The molecule has 3 aromatic rings. The van der Waals surface area contributed by atoms with Crippen molar-refractivity contribution in [3.05, 3.63) is 60.3 Å². The van der Waals surface area contributed by atoms with Crippen LogP contribution in [0.15, 0.2) is 54.7 Å². The molecule has 2 heterocycles. The number of nitrogens with zero attached hydrogens (tertiary/aromatic N) is 4. The van der Waals surface area contributed by atoms with Crippen molar-refractivity contribution in [3.63, 3.8) is 0 Å². The van der Waals surface area contributed by atoms with Gasteiger partial charge in [-0.25, -0.2) is 9.97 Å². The normalized spacial score (nSPS) is 15.1. The van der Waals surface area contributed by atoms with Crippen molar-refractivity contribution in [3.8, 4) is 11.3 Å². The maximum Gasteiger partial charge on any atom is 0.239 e. The van der Waals surface area contributed by atoms with Gasteiger partial charge in [-0.15, -0.1) is 0 Å². The third-order valence-electron chi connectivity index (χ3n) is 6.25. The number of carbonyl (C=O) groups excluding carboxylic acids is 1. The molecule has 0 aliphatic carbocycles. The number of piperazine rings is 1. The summed E-state index contributed by atoms with van der Waals surface area (Å²) >= 11 is 0. The summed E-state index contributed by atoms with van der Waals surface area (Å²) < 4.78 is 0. The van der Waals surface area contributed by atoms with Crippen LogP contribution in [0.25, 0.3) is 11.3 Å². The Labute approximate surface area is 201 Å². The highest BCUT2D eigenvalue weighted by Gasteiger charge is 2.16. The zero-order valence-corrected chi connectivity index (χ0v) is 20.1. The predicted octanol–water partition coefficient (Wildman–Crippen LogP) is 3.62. The molecule has 178 valence electrons. The second-order valence-corrected chi connectivity index (χ2v) is 8.66. The molecule has 2 aromatic carbocycles. The van der Waals surface area contributed by atoms with Gasteiger partial charge in [0.1, 0.15) is 6.04 Å². The summed E-state index contributed by atoms with van der Waals surface area (Å²) in [4.78, 5) is 25.4. The van der Waals surface area contributed by atoms with Crippen LogP contribution in [0.1, 0.15) is 19.4 Å². The summed E-state index contributed by atoms with van der Waals surface area (Å²) in [5.41, 5.74) is 11.2. The van der Waals surface area contributed by atoms with Gasteiger partial charge in [-0.1, -0.05) is 19.1 Å². The summed E-state index contributed by atoms with van der Waals surface area (Å²) in [7, 11) is 0. The summed E-state index contributed by atoms with van der Waals surface area (Å²) in [5.74, 6) is 0.160. The number of nitrogens with one attached hydrogen (secondary N) is 2. The van der Waals surface area contributed by atoms with Crippen LogP contribution in [0.2, 0.25) is 0 Å². The van der Waals surface area contributed by atoms with Crippen LogP contribution < -0.4 is 21.3 Å². The van der Waals surface area contributed by atoms with Gasteiger partial charge in [0.25, 0.3) is 0 Å². The van der Waals surface area contributed by atoms with Gasteiger partial charge in [-0.2, -0.15) is 0 Å². The van der Waals surface area contributed by atoms with E-state index >= 15 is 0 Å². The van der Waals surface area contributed by atoms with Crippen LogP contribution in [0, 0.1) is 6.92 Å². The first kappa shape index (κ1) is 23.5. The molecule has 1 aromatic heterocycles. The van der Waals surface area contributed by atoms with Crippen LogP contribution in [0.3, 0.4) is 0 Å². The van der Waals surface area contributed by atoms with Gasteiger partial charge in [0.2, 0.25) is 11.9 Å². The monoisotopic (exact) mass is 459 g/mol. The third-order valence-corrected chi connectivity index (χ3v) is 6.25. The molecule has 1 atom stereocenters. The average Bonchev–Trinajstić information content (AvgIpc) is 2.86. The number of primary amides is 1. The largest absolute Gasteiger partial charge is 0.374 e. The topological polar surface area (TPSA) is 99.4 Å². The summed E-state index contributed by atoms with van der Waals surface area (Å²) in [6.07, 6.45) is 1.83. The summed E-state index contributed by atoms with van der Waals surface area (Å²) in [6.45, 7) is 11.4. The lowest BCUT2D eigenvalue weighted by molar-refractivity contribution is -0.118. The van der Waals surface area contributed by atoms with E-state index in [1.165, 1.54) is 5.69 Å². The van der Waals surface area contributed by atoms with Crippen molar-refractivity contribution in [2.75, 3.05) is 48.3 Å². The van der Waals surface area contributed by atoms with Gasteiger partial charge in [0.05, 0.1) is 5.69 Å². The zero-order chi connectivity index (χ0) is 24.1. The SMILES string of the molecule is CCN1CCN(c2ccc(Nc3ncc(C)c(-c4ccc(N[C@H](C)C(N)=O)cc4)n3)cc2)CC1. The van der Waals surface area contributed by atoms with Crippen LogP contribution in [0.4, 0.5) is 23.0 Å². The van der Waals surface area contributed by atoms with Crippen molar-refractivity contribution in [1.82, 2.24) is 14.9 Å². The van der Waals surface area contributed by atoms with Gasteiger partial charge < -0.3 is 26.2 Å². The first-order valence-corrected chi connectivity index (χ1v) is 11.8. The minimum Gasteiger partial charge on any atom is -0.374 e. The molecule has 1 amide bonds. The number of hydrogen-bond donors (Lipinski definition) is 3. The molecule has 0 spiro atoms. The minimum absolute atomic E-state index is 0.390. The Morgan fingerprint density at radius 1 is 1.03 bits per heavy atom. The molecular weight excluding hydrogens is 426 g/mol. The quantitative estimate of drug-likeness (QED) is 0.473. The summed E-state index contributed by atoms with van der Waals surface area (Å²) in [5, 5.41) is 6.41. The van der Waals surface area contributed by atoms with E-state index in [0.29, 0.717) is 5.95 Å². The molecule has 8 nitrogen and oxygen atoms in total. The lowest BCUT2D eigenvalue weighted by Crippen LogP contribution is -2.46. The van der Waals surface area contributed by atoms with Crippen LogP contribution >= 0.6 is 0 Å². The zero-order valence-electron chi connectivity index (χ0n) is 20.1. The van der Waals surface area contributed by atoms with Gasteiger partial charge in [0.15, 0.2) is 0 Å². The fourth-order valence-corrected chi connectivity index (χ4v) is 4.05. The Hall–Kier alpha value is -3.65. The number of anilines is 4. The van der Waals surface area contributed by atoms with Crippen molar-refractivity contribution < 1.29 is 4.79 Å². The number of amides is 1. The van der Waals surface area contributed by atoms with Crippen LogP contribution in [-0.4, -0.2) is 59.5 Å². The number of aryl methyl sites for hydroxylation is 1. The lowest BCUT2D eigenvalue weighted by Gasteiger charge is -2.35. The number of rotatable bonds is 8. The Morgan fingerprint density at radius 3 is 2.29 bits per heavy atom. The molecule has 0 radical (unpaired) electrons. The molecule has 1 aliphatic rings. The molecule has 0 unspecified atom stereocenters. The van der Waals surface area contributed by atoms with Crippen molar-refractivity contribution in [2.45, 2.75) is 26.8 Å². The van der Waals surface area contributed by atoms with Gasteiger partial charge in [0, 0.05) is 55.0 Å². The predicted molar refractivity (Wildman–Crippen MR) is 139 cm³/mol. The smallest absolute Gasteiger partial charge is 0.239 e. The Bertz CT molecular complexity index is 1110. The lowest BCUT2D eigenvalue weighted by atomic mass is 10.1. The van der Waals surface area contributed by atoms with Gasteiger partial charge in [-0.05, 0) is 62.4 Å². The highest BCUT2D eigenvalue weighted by Crippen LogP contribution is 2.26. The molecule has 0 bridgehead atoms. The molecule has 34 heavy (non-hydrogen) atoms. The van der Waals surface area contributed by atoms with E-state index < -0.39 is 11.9 Å². The molecule has 0 saturated carbocycles. The number of benzene rings is 2. The summed E-state index contributed by atoms with van der Waals surface area (Å²) in [6, 6.07) is 15.8. The maximum absolute atomic E-state index is 11.3. The molecule has 1 aliphatic heterocycles. The van der Waals surface area contributed by atoms with E-state index in [2.05, 4.69) is 56.6 Å². The third kappa shape index (κ3) is 5.63. The Kier molecular flexibility index (Phi) is 7.27. The van der Waals surface area contributed by atoms with Crippen molar-refractivity contribution in [1.29, 1.82) is 0 Å². The molecular formula is C26H33N7O. The Morgan fingerprint density at radius 2 is 1.68 bits per heavy atom. The molecule has 1 saturated heterocycles. The van der Waals surface area contributed by atoms with E-state index in [4.69, 9.17) is 10.7 Å². The van der Waals surface area contributed by atoms with Gasteiger partial charge in [-0.3, -0.25) is 4.79 Å². The van der Waals surface area contributed by atoms with E-state index in [0.717, 1.165) is 60.9 Å². The number of hydrogen-bond acceptors (Lipinski definition) is 7. The van der Waals surface area contributed by atoms with E-state index in [1.54, 1.807) is 6.92 Å². The molecule has 4 N–H and O–H groups in total. The number of likely N-dealkylation sites (N-methyl/N-ethyl adjacent to an activating group) is 1. The highest BCUT2D eigenvalue weighted by molar-refractivity contribution is 5.82. The highest BCUT2D eigenvalue weighted by atomic mass is 16.1. The maximum atomic E-state index is 11.3. The van der Waals surface area contributed by atoms with Crippen LogP contribution in [-0.2, 0) is 4.79 Å². The van der Waals surface area contributed by atoms with Gasteiger partial charge >= 0.3 is 0 Å². The molecule has 4 rings (SSSR count). The first-order valence-electron chi connectivity index (χ1n) is 11.8. The average molecular weight is 460 g/mol. The molecule has 1 fully saturated rings. The number of nitrogens with two attached hydrogens (primary N) is 1. The number of carbonyl (C=O) groups is 1. The van der Waals surface area contributed by atoms with E-state index in [1.807, 2.05) is 37.4 Å². The molecule has 8 heteroatoms. The fourth-order valence-electron chi connectivity index (χ4n) is 4.05. The van der Waals surface area contributed by atoms with E-state index in [9.17, 15) is 4.79 Å². The van der Waals surface area contributed by atoms with Crippen LogP contribution in [0.5, 0.6) is 0 Å². The number of aromatic nitrogens is 2. The Balaban J connectivity index is 1.43. The minimum atomic E-state index is -0.435. The van der Waals surface area contributed by atoms with E-state index in [-0.39, 0.29) is 0 Å². The van der Waals surface area contributed by atoms with Crippen molar-refractivity contribution in [2.24, 2.45) is 5.73 Å². The standard InChI is InChI=1S/C26H33N7O/c1-4-32-13-15-33(16-14-32)23-11-9-22(10-12-23)30-26-28-17-18(2)24(31-26)20-5-7-21(8-6-20)29-19(3)25(27)34/h5-12,17,19,29H,4,13-16H2,1-3H3,(H2,27,34)(H,28,30,31)/t19-/m1/s1.